The van der Waals surface area contributed by atoms with E-state index in [1.54, 1.807) is 11.3 Å². The Kier molecular flexibility index (Phi) is 4.23. The van der Waals surface area contributed by atoms with Gasteiger partial charge in [-0.3, -0.25) is 0 Å². The molecule has 0 fully saturated rings. The van der Waals surface area contributed by atoms with E-state index < -0.39 is 0 Å². The van der Waals surface area contributed by atoms with Crippen molar-refractivity contribution < 1.29 is 4.74 Å². The first-order valence-corrected chi connectivity index (χ1v) is 7.33. The summed E-state index contributed by atoms with van der Waals surface area (Å²) in [6.45, 7) is 5.77. The molecule has 1 aromatic heterocycles. The van der Waals surface area contributed by atoms with E-state index in [1.165, 1.54) is 0 Å². The summed E-state index contributed by atoms with van der Waals surface area (Å²) in [5.74, 6) is 0.866. The van der Waals surface area contributed by atoms with Gasteiger partial charge in [-0.1, -0.05) is 18.3 Å². The normalized spacial score (nSPS) is 10.8. The van der Waals surface area contributed by atoms with Crippen LogP contribution in [0.1, 0.15) is 20.3 Å². The zero-order valence-corrected chi connectivity index (χ0v) is 12.3. The molecule has 0 spiro atoms. The van der Waals surface area contributed by atoms with Crippen molar-refractivity contribution in [2.45, 2.75) is 20.3 Å². The Morgan fingerprint density at radius 1 is 1.41 bits per heavy atom. The van der Waals surface area contributed by atoms with Crippen LogP contribution in [-0.4, -0.2) is 18.1 Å². The number of thiazole rings is 1. The molecule has 0 radical (unpaired) electrons. The average molecular weight is 315 g/mol. The minimum Gasteiger partial charge on any atom is -0.491 e. The second-order valence-corrected chi connectivity index (χ2v) is 5.47. The van der Waals surface area contributed by atoms with E-state index in [0.29, 0.717) is 0 Å². The maximum Gasteiger partial charge on any atom is 0.183 e. The number of nitrogens with one attached hydrogen (secondary N) is 1. The van der Waals surface area contributed by atoms with Gasteiger partial charge in [0.1, 0.15) is 11.3 Å². The molecule has 0 aliphatic rings. The van der Waals surface area contributed by atoms with Crippen LogP contribution in [0.3, 0.4) is 0 Å². The van der Waals surface area contributed by atoms with Crippen LogP contribution in [-0.2, 0) is 0 Å². The first-order valence-electron chi connectivity index (χ1n) is 5.72. The summed E-state index contributed by atoms with van der Waals surface area (Å²) >= 11 is 5.20. The van der Waals surface area contributed by atoms with Gasteiger partial charge in [0.2, 0.25) is 0 Å². The van der Waals surface area contributed by atoms with E-state index in [0.717, 1.165) is 45.1 Å². The number of anilines is 1. The molecule has 3 nitrogen and oxygen atoms in total. The summed E-state index contributed by atoms with van der Waals surface area (Å²) in [6.07, 6.45) is 1.00. The van der Waals surface area contributed by atoms with E-state index in [4.69, 9.17) is 4.74 Å². The summed E-state index contributed by atoms with van der Waals surface area (Å²) in [5, 5.41) is 4.18. The average Bonchev–Trinajstić information content (AvgIpc) is 2.74. The summed E-state index contributed by atoms with van der Waals surface area (Å²) < 4.78 is 7.91. The van der Waals surface area contributed by atoms with Gasteiger partial charge in [-0.15, -0.1) is 0 Å². The molecule has 0 aliphatic carbocycles. The number of aromatic nitrogens is 1. The lowest BCUT2D eigenvalue weighted by Gasteiger charge is -2.05. The molecule has 5 heteroatoms. The third kappa shape index (κ3) is 2.72. The van der Waals surface area contributed by atoms with Crippen molar-refractivity contribution in [1.29, 1.82) is 0 Å². The highest BCUT2D eigenvalue weighted by molar-refractivity contribution is 9.10. The maximum absolute atomic E-state index is 5.71. The first-order chi connectivity index (χ1) is 8.26. The van der Waals surface area contributed by atoms with Gasteiger partial charge in [-0.25, -0.2) is 4.98 Å². The molecule has 0 saturated carbocycles. The van der Waals surface area contributed by atoms with Gasteiger partial charge in [0.15, 0.2) is 5.13 Å². The van der Waals surface area contributed by atoms with Crippen LogP contribution in [0.15, 0.2) is 16.6 Å². The van der Waals surface area contributed by atoms with Crippen molar-refractivity contribution in [2.24, 2.45) is 0 Å². The van der Waals surface area contributed by atoms with Gasteiger partial charge in [-0.2, -0.15) is 0 Å². The fourth-order valence-electron chi connectivity index (χ4n) is 1.51. The second kappa shape index (κ2) is 5.69. The fourth-order valence-corrected chi connectivity index (χ4v) is 3.03. The van der Waals surface area contributed by atoms with Crippen molar-refractivity contribution in [2.75, 3.05) is 18.5 Å². The molecule has 92 valence electrons. The van der Waals surface area contributed by atoms with E-state index >= 15 is 0 Å². The third-order valence-corrected chi connectivity index (χ3v) is 4.22. The number of nitrogens with zero attached hydrogens (tertiary/aromatic N) is 1. The van der Waals surface area contributed by atoms with E-state index in [2.05, 4.69) is 40.1 Å². The van der Waals surface area contributed by atoms with E-state index in [-0.39, 0.29) is 0 Å². The van der Waals surface area contributed by atoms with Crippen molar-refractivity contribution in [3.8, 4) is 5.75 Å². The predicted molar refractivity (Wildman–Crippen MR) is 77.3 cm³/mol. The number of ether oxygens (including phenoxy) is 1. The first kappa shape index (κ1) is 12.6. The molecule has 1 aromatic carbocycles. The molecule has 0 amide bonds. The molecule has 0 bridgehead atoms. The summed E-state index contributed by atoms with van der Waals surface area (Å²) in [4.78, 5) is 4.57. The highest BCUT2D eigenvalue weighted by Crippen LogP contribution is 2.37. The topological polar surface area (TPSA) is 34.1 Å². The van der Waals surface area contributed by atoms with Crippen LogP contribution in [0.5, 0.6) is 5.75 Å². The molecular weight excluding hydrogens is 300 g/mol. The summed E-state index contributed by atoms with van der Waals surface area (Å²) in [7, 11) is 0. The fraction of sp³-hybridized carbons (Fsp3) is 0.417. The van der Waals surface area contributed by atoms with Gasteiger partial charge in [0.25, 0.3) is 0 Å². The number of benzene rings is 1. The van der Waals surface area contributed by atoms with Crippen LogP contribution < -0.4 is 10.1 Å². The molecule has 2 rings (SSSR count). The Morgan fingerprint density at radius 3 is 2.94 bits per heavy atom. The highest BCUT2D eigenvalue weighted by atomic mass is 79.9. The van der Waals surface area contributed by atoms with Crippen molar-refractivity contribution >= 4 is 42.6 Å². The minimum atomic E-state index is 0.727. The maximum atomic E-state index is 5.71. The number of hydrogen-bond acceptors (Lipinski definition) is 4. The Labute approximate surface area is 113 Å². The number of fused-ring (bicyclic) bond motifs is 1. The molecule has 0 aliphatic heterocycles. The quantitative estimate of drug-likeness (QED) is 0.894. The monoisotopic (exact) mass is 314 g/mol. The van der Waals surface area contributed by atoms with Crippen molar-refractivity contribution in [1.82, 2.24) is 4.98 Å². The molecular formula is C12H15BrN2OS. The summed E-state index contributed by atoms with van der Waals surface area (Å²) in [6, 6.07) is 3.98. The predicted octanol–water partition coefficient (Wildman–Crippen LogP) is 4.28. The smallest absolute Gasteiger partial charge is 0.183 e. The molecule has 2 aromatic rings. The van der Waals surface area contributed by atoms with Gasteiger partial charge in [-0.05, 0) is 41.4 Å². The minimum absolute atomic E-state index is 0.727. The Morgan fingerprint density at radius 2 is 2.24 bits per heavy atom. The number of rotatable bonds is 5. The zero-order chi connectivity index (χ0) is 12.3. The highest BCUT2D eigenvalue weighted by Gasteiger charge is 2.11. The Balaban J connectivity index is 2.43. The van der Waals surface area contributed by atoms with Gasteiger partial charge in [0, 0.05) is 11.0 Å². The van der Waals surface area contributed by atoms with Crippen LogP contribution in [0.2, 0.25) is 0 Å². The molecule has 0 unspecified atom stereocenters. The second-order valence-electron chi connectivity index (χ2n) is 3.62. The third-order valence-electron chi connectivity index (χ3n) is 2.25. The standard InChI is InChI=1S/C12H15BrN2OS/c1-3-7-16-9-6-5-8(13)11-10(9)15-12(17-11)14-4-2/h5-6H,3-4,7H2,1-2H3,(H,14,15). The van der Waals surface area contributed by atoms with Gasteiger partial charge < -0.3 is 10.1 Å². The van der Waals surface area contributed by atoms with Crippen molar-refractivity contribution in [3.63, 3.8) is 0 Å². The van der Waals surface area contributed by atoms with Crippen LogP contribution in [0.4, 0.5) is 5.13 Å². The molecule has 0 saturated heterocycles. The summed E-state index contributed by atoms with van der Waals surface area (Å²) in [5.41, 5.74) is 0.939. The lowest BCUT2D eigenvalue weighted by Crippen LogP contribution is -1.96. The van der Waals surface area contributed by atoms with Crippen molar-refractivity contribution in [3.05, 3.63) is 16.6 Å². The zero-order valence-electron chi connectivity index (χ0n) is 9.92. The molecule has 17 heavy (non-hydrogen) atoms. The lowest BCUT2D eigenvalue weighted by atomic mass is 10.3. The SMILES string of the molecule is CCCOc1ccc(Br)c2sc(NCC)nc12. The van der Waals surface area contributed by atoms with Crippen LogP contribution >= 0.6 is 27.3 Å². The Bertz CT molecular complexity index is 512. The lowest BCUT2D eigenvalue weighted by molar-refractivity contribution is 0.320. The number of hydrogen-bond donors (Lipinski definition) is 1. The number of halogens is 1. The Hall–Kier alpha value is -0.810. The molecule has 1 heterocycles. The van der Waals surface area contributed by atoms with E-state index in [9.17, 15) is 0 Å². The van der Waals surface area contributed by atoms with E-state index in [1.807, 2.05) is 12.1 Å². The van der Waals surface area contributed by atoms with Crippen LogP contribution in [0.25, 0.3) is 10.2 Å². The van der Waals surface area contributed by atoms with Gasteiger partial charge in [0.05, 0.1) is 11.3 Å². The van der Waals surface area contributed by atoms with Crippen LogP contribution in [0, 0.1) is 0 Å². The molecule has 1 N–H and O–H groups in total. The van der Waals surface area contributed by atoms with Gasteiger partial charge >= 0.3 is 0 Å². The largest absolute Gasteiger partial charge is 0.491 e. The molecule has 0 atom stereocenters.